The van der Waals surface area contributed by atoms with Gasteiger partial charge in [-0.15, -0.1) is 0 Å². The molecule has 4 N–H and O–H groups in total. The Kier molecular flexibility index (Phi) is 3.30. The van der Waals surface area contributed by atoms with Crippen molar-refractivity contribution in [2.24, 2.45) is 0 Å². The van der Waals surface area contributed by atoms with Gasteiger partial charge in [0.1, 0.15) is 10.7 Å². The Balaban J connectivity index is 2.09. The lowest BCUT2D eigenvalue weighted by atomic mass is 10.3. The number of nitrogen functional groups attached to an aromatic ring is 1. The molecule has 1 aromatic carbocycles. The van der Waals surface area contributed by atoms with Crippen LogP contribution in [0.15, 0.2) is 43.9 Å². The van der Waals surface area contributed by atoms with Crippen LogP contribution < -0.4 is 17.0 Å². The number of anilines is 1. The Hall–Kier alpha value is -2.48. The van der Waals surface area contributed by atoms with Gasteiger partial charge in [-0.25, -0.2) is 9.78 Å². The first-order chi connectivity index (χ1) is 10.1. The fraction of sp³-hybridized carbons (Fsp3) is 0.154. The molecule has 0 aliphatic carbocycles. The molecule has 0 radical (unpaired) electrons. The van der Waals surface area contributed by atoms with E-state index in [1.165, 1.54) is 4.57 Å². The van der Waals surface area contributed by atoms with E-state index in [1.54, 1.807) is 6.92 Å². The first-order valence-electron chi connectivity index (χ1n) is 6.35. The second kappa shape index (κ2) is 5.13. The Bertz CT molecular complexity index is 891. The zero-order chi connectivity index (χ0) is 15.0. The highest BCUT2D eigenvalue weighted by Gasteiger charge is 2.14. The molecule has 0 atom stereocenters. The summed E-state index contributed by atoms with van der Waals surface area (Å²) in [5, 5.41) is 0.551. The van der Waals surface area contributed by atoms with Gasteiger partial charge in [0.15, 0.2) is 5.16 Å². The van der Waals surface area contributed by atoms with Crippen LogP contribution in [-0.2, 0) is 6.54 Å². The maximum absolute atomic E-state index is 11.9. The summed E-state index contributed by atoms with van der Waals surface area (Å²) in [6, 6.07) is 7.55. The molecule has 2 heterocycles. The van der Waals surface area contributed by atoms with Crippen LogP contribution >= 0.6 is 11.8 Å². The first kappa shape index (κ1) is 13.5. The van der Waals surface area contributed by atoms with Crippen molar-refractivity contribution in [3.8, 4) is 0 Å². The van der Waals surface area contributed by atoms with Crippen molar-refractivity contribution in [1.29, 1.82) is 0 Å². The number of nitrogens with one attached hydrogen (secondary N) is 2. The van der Waals surface area contributed by atoms with Gasteiger partial charge in [-0.2, -0.15) is 0 Å². The fourth-order valence-corrected chi connectivity index (χ4v) is 2.91. The smallest absolute Gasteiger partial charge is 0.329 e. The molecule has 108 valence electrons. The summed E-state index contributed by atoms with van der Waals surface area (Å²) in [6.07, 6.45) is 0. The normalized spacial score (nSPS) is 11.1. The molecule has 0 amide bonds. The number of nitrogens with two attached hydrogens (primary N) is 1. The van der Waals surface area contributed by atoms with Gasteiger partial charge in [0.2, 0.25) is 0 Å². The number of nitrogens with zero attached hydrogens (tertiary/aromatic N) is 2. The molecule has 0 saturated heterocycles. The van der Waals surface area contributed by atoms with Gasteiger partial charge in [0.05, 0.1) is 11.0 Å². The average molecular weight is 303 g/mol. The molecule has 0 bridgehead atoms. The molecule has 2 aromatic heterocycles. The third kappa shape index (κ3) is 2.33. The van der Waals surface area contributed by atoms with Crippen LogP contribution in [-0.4, -0.2) is 19.5 Å². The minimum absolute atomic E-state index is 0.150. The fourth-order valence-electron chi connectivity index (χ4n) is 2.06. The van der Waals surface area contributed by atoms with E-state index in [2.05, 4.69) is 15.0 Å². The minimum atomic E-state index is -0.507. The van der Waals surface area contributed by atoms with Gasteiger partial charge >= 0.3 is 5.69 Å². The quantitative estimate of drug-likeness (QED) is 0.672. The summed E-state index contributed by atoms with van der Waals surface area (Å²) in [6.45, 7) is 2.17. The molecular formula is C13H13N5O2S. The van der Waals surface area contributed by atoms with E-state index >= 15 is 0 Å². The molecular weight excluding hydrogens is 290 g/mol. The van der Waals surface area contributed by atoms with Gasteiger partial charge in [0.25, 0.3) is 5.56 Å². The van der Waals surface area contributed by atoms with Crippen molar-refractivity contribution < 1.29 is 0 Å². The highest BCUT2D eigenvalue weighted by molar-refractivity contribution is 7.99. The Morgan fingerprint density at radius 3 is 2.76 bits per heavy atom. The van der Waals surface area contributed by atoms with Crippen LogP contribution in [0.3, 0.4) is 0 Å². The lowest BCUT2D eigenvalue weighted by Gasteiger charge is -2.08. The van der Waals surface area contributed by atoms with Crippen molar-refractivity contribution >= 4 is 28.6 Å². The number of rotatable bonds is 3. The van der Waals surface area contributed by atoms with Gasteiger partial charge < -0.3 is 10.7 Å². The largest absolute Gasteiger partial charge is 0.384 e. The zero-order valence-corrected chi connectivity index (χ0v) is 12.0. The number of benzene rings is 1. The van der Waals surface area contributed by atoms with Crippen LogP contribution in [0.2, 0.25) is 0 Å². The molecule has 7 nitrogen and oxygen atoms in total. The standard InChI is InChI=1S/C13H13N5O2S/c1-2-18-10(14)9(11(19)17-13(18)20)21-12-15-7-5-3-4-6-8(7)16-12/h3-6H,2,14H2,1H3,(H,15,16)(H,17,19,20). The molecule has 0 fully saturated rings. The number of H-pyrrole nitrogens is 2. The molecule has 0 aliphatic heterocycles. The van der Waals surface area contributed by atoms with Crippen LogP contribution in [0.25, 0.3) is 11.0 Å². The molecule has 0 spiro atoms. The maximum Gasteiger partial charge on any atom is 0.329 e. The van der Waals surface area contributed by atoms with Crippen molar-refractivity contribution in [2.75, 3.05) is 5.73 Å². The summed E-state index contributed by atoms with van der Waals surface area (Å²) in [7, 11) is 0. The summed E-state index contributed by atoms with van der Waals surface area (Å²) in [5.74, 6) is 0.150. The predicted octanol–water partition coefficient (Wildman–Crippen LogP) is 1.17. The van der Waals surface area contributed by atoms with Gasteiger partial charge in [-0.3, -0.25) is 14.3 Å². The zero-order valence-electron chi connectivity index (χ0n) is 11.2. The number of para-hydroxylation sites is 2. The van der Waals surface area contributed by atoms with Crippen LogP contribution in [0, 0.1) is 0 Å². The second-order valence-electron chi connectivity index (χ2n) is 4.38. The number of fused-ring (bicyclic) bond motifs is 1. The summed E-state index contributed by atoms with van der Waals surface area (Å²) >= 11 is 1.11. The van der Waals surface area contributed by atoms with Crippen molar-refractivity contribution in [2.45, 2.75) is 23.5 Å². The van der Waals surface area contributed by atoms with E-state index in [4.69, 9.17) is 5.73 Å². The van der Waals surface area contributed by atoms with E-state index in [1.807, 2.05) is 24.3 Å². The number of aromatic nitrogens is 4. The molecule has 0 aliphatic rings. The minimum Gasteiger partial charge on any atom is -0.384 e. The molecule has 21 heavy (non-hydrogen) atoms. The third-order valence-corrected chi connectivity index (χ3v) is 4.06. The Morgan fingerprint density at radius 2 is 2.05 bits per heavy atom. The van der Waals surface area contributed by atoms with Gasteiger partial charge in [-0.05, 0) is 30.8 Å². The number of imidazole rings is 1. The summed E-state index contributed by atoms with van der Waals surface area (Å²) in [4.78, 5) is 33.6. The maximum atomic E-state index is 11.9. The van der Waals surface area contributed by atoms with Crippen molar-refractivity contribution in [3.05, 3.63) is 45.1 Å². The topological polar surface area (TPSA) is 110 Å². The number of hydrogen-bond acceptors (Lipinski definition) is 5. The number of aromatic amines is 2. The average Bonchev–Trinajstić information content (AvgIpc) is 2.86. The number of hydrogen-bond donors (Lipinski definition) is 3. The van der Waals surface area contributed by atoms with E-state index in [0.29, 0.717) is 11.7 Å². The van der Waals surface area contributed by atoms with Gasteiger partial charge in [0, 0.05) is 6.54 Å². The summed E-state index contributed by atoms with van der Waals surface area (Å²) < 4.78 is 1.31. The highest BCUT2D eigenvalue weighted by atomic mass is 32.2. The highest BCUT2D eigenvalue weighted by Crippen LogP contribution is 2.27. The van der Waals surface area contributed by atoms with Crippen molar-refractivity contribution in [1.82, 2.24) is 19.5 Å². The second-order valence-corrected chi connectivity index (χ2v) is 5.38. The van der Waals surface area contributed by atoms with Crippen LogP contribution in [0.5, 0.6) is 0 Å². The Labute approximate surface area is 123 Å². The molecule has 8 heteroatoms. The summed E-state index contributed by atoms with van der Waals surface area (Å²) in [5.41, 5.74) is 6.58. The van der Waals surface area contributed by atoms with E-state index in [0.717, 1.165) is 22.8 Å². The predicted molar refractivity (Wildman–Crippen MR) is 81.6 cm³/mol. The van der Waals surface area contributed by atoms with E-state index in [9.17, 15) is 9.59 Å². The monoisotopic (exact) mass is 303 g/mol. The first-order valence-corrected chi connectivity index (χ1v) is 7.17. The molecule has 0 saturated carbocycles. The van der Waals surface area contributed by atoms with Crippen LogP contribution in [0.4, 0.5) is 5.82 Å². The lowest BCUT2D eigenvalue weighted by molar-refractivity contribution is 0.690. The molecule has 3 aromatic rings. The molecule has 0 unspecified atom stereocenters. The SMILES string of the molecule is CCn1c(N)c(Sc2nc3ccccc3[nH]2)c(=O)[nH]c1=O. The van der Waals surface area contributed by atoms with E-state index in [-0.39, 0.29) is 10.7 Å². The lowest BCUT2D eigenvalue weighted by Crippen LogP contribution is -2.32. The van der Waals surface area contributed by atoms with E-state index < -0.39 is 11.2 Å². The van der Waals surface area contributed by atoms with Crippen molar-refractivity contribution in [3.63, 3.8) is 0 Å². The van der Waals surface area contributed by atoms with Crippen LogP contribution in [0.1, 0.15) is 6.92 Å². The Morgan fingerprint density at radius 1 is 1.29 bits per heavy atom. The third-order valence-electron chi connectivity index (χ3n) is 3.08. The van der Waals surface area contributed by atoms with Gasteiger partial charge in [-0.1, -0.05) is 12.1 Å². The molecule has 3 rings (SSSR count).